The number of guanidine groups is 1. The Labute approximate surface area is 179 Å². The van der Waals surface area contributed by atoms with Crippen LogP contribution in [0.4, 0.5) is 0 Å². The zero-order valence-electron chi connectivity index (χ0n) is 18.3. The van der Waals surface area contributed by atoms with Crippen molar-refractivity contribution in [1.29, 1.82) is 0 Å². The Morgan fingerprint density at radius 2 is 1.93 bits per heavy atom. The van der Waals surface area contributed by atoms with E-state index < -0.39 is 9.84 Å². The number of hydrogen-bond acceptors (Lipinski definition) is 5. The van der Waals surface area contributed by atoms with Crippen molar-refractivity contribution in [3.8, 4) is 5.75 Å². The molecular formula is C21H34N4O4S. The lowest BCUT2D eigenvalue weighted by molar-refractivity contribution is -0.121. The normalized spacial score (nSPS) is 19.4. The molecule has 1 aliphatic rings. The molecule has 0 aliphatic carbocycles. The molecule has 2 rings (SSSR count). The summed E-state index contributed by atoms with van der Waals surface area (Å²) in [6.45, 7) is 7.35. The fraction of sp³-hybridized carbons (Fsp3) is 0.619. The number of nitrogens with one attached hydrogen (secondary N) is 3. The molecular weight excluding hydrogens is 404 g/mol. The topological polar surface area (TPSA) is 109 Å². The zero-order chi connectivity index (χ0) is 22.1. The van der Waals surface area contributed by atoms with E-state index in [0.29, 0.717) is 31.4 Å². The van der Waals surface area contributed by atoms with Crippen LogP contribution in [-0.4, -0.2) is 58.0 Å². The first kappa shape index (κ1) is 24.0. The average molecular weight is 439 g/mol. The highest BCUT2D eigenvalue weighted by Crippen LogP contribution is 2.18. The summed E-state index contributed by atoms with van der Waals surface area (Å²) in [6.07, 6.45) is 0.733. The molecule has 8 nitrogen and oxygen atoms in total. The van der Waals surface area contributed by atoms with Gasteiger partial charge in [-0.3, -0.25) is 9.79 Å². The first-order valence-corrected chi connectivity index (χ1v) is 12.2. The fourth-order valence-electron chi connectivity index (χ4n) is 3.10. The number of carbonyl (C=O) groups excluding carboxylic acids is 1. The first-order chi connectivity index (χ1) is 14.2. The lowest BCUT2D eigenvalue weighted by Crippen LogP contribution is -2.41. The van der Waals surface area contributed by atoms with E-state index in [1.54, 1.807) is 7.05 Å². The maximum Gasteiger partial charge on any atom is 0.222 e. The van der Waals surface area contributed by atoms with Crippen LogP contribution in [0.1, 0.15) is 45.2 Å². The van der Waals surface area contributed by atoms with Gasteiger partial charge in [-0.25, -0.2) is 8.42 Å². The summed E-state index contributed by atoms with van der Waals surface area (Å²) in [7, 11) is -1.32. The number of aliphatic imine (C=N–C) groups is 1. The highest BCUT2D eigenvalue weighted by atomic mass is 32.2. The van der Waals surface area contributed by atoms with Gasteiger partial charge in [0.25, 0.3) is 0 Å². The third kappa shape index (κ3) is 8.22. The standard InChI is InChI=1S/C21H34N4O4S/c1-15(2)13-29-19-7-5-17(6-8-19)16(3)24-21(22-4)23-11-9-20(26)25-18-10-12-30(27,28)14-18/h5-8,15-16,18H,9-14H2,1-4H3,(H,25,26)(H2,22,23,24). The smallest absolute Gasteiger partial charge is 0.222 e. The van der Waals surface area contributed by atoms with Gasteiger partial charge in [0.1, 0.15) is 5.75 Å². The molecule has 3 N–H and O–H groups in total. The van der Waals surface area contributed by atoms with E-state index >= 15 is 0 Å². The molecule has 0 saturated carbocycles. The van der Waals surface area contributed by atoms with Gasteiger partial charge >= 0.3 is 0 Å². The van der Waals surface area contributed by atoms with Crippen LogP contribution >= 0.6 is 0 Å². The fourth-order valence-corrected chi connectivity index (χ4v) is 4.78. The van der Waals surface area contributed by atoms with E-state index in [1.807, 2.05) is 31.2 Å². The molecule has 0 radical (unpaired) electrons. The van der Waals surface area contributed by atoms with Gasteiger partial charge in [0.05, 0.1) is 24.2 Å². The SMILES string of the molecule is CN=C(NCCC(=O)NC1CCS(=O)(=O)C1)NC(C)c1ccc(OCC(C)C)cc1. The second kappa shape index (κ2) is 11.2. The largest absolute Gasteiger partial charge is 0.493 e. The van der Waals surface area contributed by atoms with Gasteiger partial charge in [-0.2, -0.15) is 0 Å². The van der Waals surface area contributed by atoms with Crippen LogP contribution in [0.5, 0.6) is 5.75 Å². The van der Waals surface area contributed by atoms with E-state index in [0.717, 1.165) is 11.3 Å². The number of nitrogens with zero attached hydrogens (tertiary/aromatic N) is 1. The van der Waals surface area contributed by atoms with Crippen molar-refractivity contribution in [3.63, 3.8) is 0 Å². The summed E-state index contributed by atoms with van der Waals surface area (Å²) in [6, 6.07) is 7.70. The predicted octanol–water partition coefficient (Wildman–Crippen LogP) is 1.64. The van der Waals surface area contributed by atoms with Gasteiger partial charge in [0.15, 0.2) is 15.8 Å². The molecule has 1 saturated heterocycles. The maximum absolute atomic E-state index is 12.0. The molecule has 1 heterocycles. The Balaban J connectivity index is 1.73. The molecule has 0 bridgehead atoms. The molecule has 2 atom stereocenters. The van der Waals surface area contributed by atoms with Crippen LogP contribution < -0.4 is 20.7 Å². The number of rotatable bonds is 9. The minimum atomic E-state index is -3.00. The maximum atomic E-state index is 12.0. The summed E-state index contributed by atoms with van der Waals surface area (Å²) >= 11 is 0. The van der Waals surface area contributed by atoms with Crippen molar-refractivity contribution in [3.05, 3.63) is 29.8 Å². The number of sulfone groups is 1. The summed E-state index contributed by atoms with van der Waals surface area (Å²) in [5.41, 5.74) is 1.09. The van der Waals surface area contributed by atoms with Crippen molar-refractivity contribution >= 4 is 21.7 Å². The predicted molar refractivity (Wildman–Crippen MR) is 120 cm³/mol. The molecule has 1 amide bonds. The second-order valence-electron chi connectivity index (χ2n) is 8.06. The van der Waals surface area contributed by atoms with Gasteiger partial charge in [-0.05, 0) is 37.0 Å². The van der Waals surface area contributed by atoms with Crippen molar-refractivity contribution in [2.24, 2.45) is 10.9 Å². The third-order valence-corrected chi connectivity index (χ3v) is 6.55. The minimum absolute atomic E-state index is 0.0212. The van der Waals surface area contributed by atoms with E-state index in [-0.39, 0.29) is 35.9 Å². The summed E-state index contributed by atoms with van der Waals surface area (Å²) in [5, 5.41) is 9.20. The molecule has 9 heteroatoms. The second-order valence-corrected chi connectivity index (χ2v) is 10.3. The van der Waals surface area contributed by atoms with E-state index in [9.17, 15) is 13.2 Å². The number of carbonyl (C=O) groups is 1. The summed E-state index contributed by atoms with van der Waals surface area (Å²) in [5.74, 6) is 1.95. The molecule has 2 unspecified atom stereocenters. The lowest BCUT2D eigenvalue weighted by atomic mass is 10.1. The van der Waals surface area contributed by atoms with E-state index in [1.165, 1.54) is 0 Å². The van der Waals surface area contributed by atoms with Gasteiger partial charge in [-0.15, -0.1) is 0 Å². The van der Waals surface area contributed by atoms with Crippen LogP contribution in [0.3, 0.4) is 0 Å². The number of hydrogen-bond donors (Lipinski definition) is 3. The van der Waals surface area contributed by atoms with Gasteiger partial charge in [0.2, 0.25) is 5.91 Å². The molecule has 0 spiro atoms. The minimum Gasteiger partial charge on any atom is -0.493 e. The number of amides is 1. The molecule has 1 aromatic rings. The number of benzene rings is 1. The van der Waals surface area contributed by atoms with Gasteiger partial charge in [0, 0.05) is 26.1 Å². The molecule has 1 fully saturated rings. The molecule has 0 aromatic heterocycles. The van der Waals surface area contributed by atoms with Crippen LogP contribution in [0, 0.1) is 5.92 Å². The molecule has 1 aliphatic heterocycles. The summed E-state index contributed by atoms with van der Waals surface area (Å²) < 4.78 is 28.6. The van der Waals surface area contributed by atoms with Gasteiger partial charge < -0.3 is 20.7 Å². The van der Waals surface area contributed by atoms with Crippen molar-refractivity contribution in [1.82, 2.24) is 16.0 Å². The van der Waals surface area contributed by atoms with Crippen LogP contribution in [0.2, 0.25) is 0 Å². The molecule has 168 valence electrons. The first-order valence-electron chi connectivity index (χ1n) is 10.4. The van der Waals surface area contributed by atoms with Gasteiger partial charge in [-0.1, -0.05) is 26.0 Å². The average Bonchev–Trinajstić information content (AvgIpc) is 3.03. The van der Waals surface area contributed by atoms with E-state index in [4.69, 9.17) is 4.74 Å². The summed E-state index contributed by atoms with van der Waals surface area (Å²) in [4.78, 5) is 16.2. The van der Waals surface area contributed by atoms with Crippen molar-refractivity contribution in [2.75, 3.05) is 31.7 Å². The zero-order valence-corrected chi connectivity index (χ0v) is 19.1. The number of ether oxygens (including phenoxy) is 1. The van der Waals surface area contributed by atoms with Crippen molar-refractivity contribution in [2.45, 2.75) is 45.7 Å². The van der Waals surface area contributed by atoms with E-state index in [2.05, 4.69) is 34.8 Å². The molecule has 30 heavy (non-hydrogen) atoms. The lowest BCUT2D eigenvalue weighted by Gasteiger charge is -2.19. The van der Waals surface area contributed by atoms with Crippen LogP contribution in [0.25, 0.3) is 0 Å². The van der Waals surface area contributed by atoms with Crippen LogP contribution in [0.15, 0.2) is 29.3 Å². The highest BCUT2D eigenvalue weighted by Gasteiger charge is 2.28. The quantitative estimate of drug-likeness (QED) is 0.400. The molecule has 1 aromatic carbocycles. The highest BCUT2D eigenvalue weighted by molar-refractivity contribution is 7.91. The van der Waals surface area contributed by atoms with Crippen molar-refractivity contribution < 1.29 is 17.9 Å². The Kier molecular flexibility index (Phi) is 8.95. The Hall–Kier alpha value is -2.29. The monoisotopic (exact) mass is 438 g/mol. The third-order valence-electron chi connectivity index (χ3n) is 4.78. The Bertz CT molecular complexity index is 822. The van der Waals surface area contributed by atoms with Crippen LogP contribution in [-0.2, 0) is 14.6 Å². The Morgan fingerprint density at radius 3 is 2.50 bits per heavy atom. The Morgan fingerprint density at radius 1 is 1.23 bits per heavy atom.